The molecule has 2 aromatic carbocycles. The Labute approximate surface area is 229 Å². The van der Waals surface area contributed by atoms with Crippen molar-refractivity contribution in [3.63, 3.8) is 0 Å². The normalized spacial score (nSPS) is 19.5. The van der Waals surface area contributed by atoms with Crippen molar-refractivity contribution in [3.8, 4) is 11.5 Å². The highest BCUT2D eigenvalue weighted by atomic mass is 32.2. The second kappa shape index (κ2) is 13.3. The molecule has 2 aliphatic rings. The van der Waals surface area contributed by atoms with Gasteiger partial charge in [0, 0.05) is 31.5 Å². The summed E-state index contributed by atoms with van der Waals surface area (Å²) in [4.78, 5) is 13.0. The van der Waals surface area contributed by atoms with E-state index in [1.165, 1.54) is 23.5 Å². The number of hydrogen-bond acceptors (Lipinski definition) is 8. The van der Waals surface area contributed by atoms with Crippen molar-refractivity contribution in [1.29, 1.82) is 0 Å². The summed E-state index contributed by atoms with van der Waals surface area (Å²) in [5, 5.41) is 12.5. The summed E-state index contributed by atoms with van der Waals surface area (Å²) in [7, 11) is -0.771. The number of aliphatic hydroxyl groups excluding tert-OH is 1. The van der Waals surface area contributed by atoms with Gasteiger partial charge in [-0.15, -0.1) is 0 Å². The van der Waals surface area contributed by atoms with Gasteiger partial charge in [0.2, 0.25) is 16.3 Å². The Hall–Kier alpha value is -3.12. The van der Waals surface area contributed by atoms with Crippen molar-refractivity contribution < 1.29 is 37.3 Å². The molecule has 10 nitrogen and oxygen atoms in total. The molecule has 1 fully saturated rings. The van der Waals surface area contributed by atoms with E-state index < -0.39 is 16.3 Å². The van der Waals surface area contributed by atoms with Crippen LogP contribution in [-0.2, 0) is 24.3 Å². The summed E-state index contributed by atoms with van der Waals surface area (Å²) < 4.78 is 49.8. The Bertz CT molecular complexity index is 1230. The number of hydrogen-bond donors (Lipinski definition) is 2. The van der Waals surface area contributed by atoms with Crippen LogP contribution in [0.3, 0.4) is 0 Å². The lowest BCUT2D eigenvalue weighted by molar-refractivity contribution is -0.147. The van der Waals surface area contributed by atoms with Crippen LogP contribution in [0.4, 0.5) is 0 Å². The third kappa shape index (κ3) is 7.30. The van der Waals surface area contributed by atoms with Gasteiger partial charge in [-0.2, -0.15) is 4.31 Å². The number of methoxy groups -OCH3 is 2. The topological polar surface area (TPSA) is 124 Å². The number of carbonyl (C=O) groups is 1. The van der Waals surface area contributed by atoms with Gasteiger partial charge in [0.05, 0.1) is 32.3 Å². The molecular formula is C28H36N2O8S. The summed E-state index contributed by atoms with van der Waals surface area (Å²) in [6.07, 6.45) is 4.48. The summed E-state index contributed by atoms with van der Waals surface area (Å²) in [6.45, 7) is -0.433. The van der Waals surface area contributed by atoms with Gasteiger partial charge in [-0.05, 0) is 67.3 Å². The van der Waals surface area contributed by atoms with Gasteiger partial charge in [0.1, 0.15) is 11.5 Å². The monoisotopic (exact) mass is 560 g/mol. The number of sulfonamides is 1. The van der Waals surface area contributed by atoms with Gasteiger partial charge >= 0.3 is 0 Å². The number of ether oxygens (including phenoxy) is 4. The third-order valence-electron chi connectivity index (χ3n) is 6.96. The Morgan fingerprint density at radius 1 is 1.03 bits per heavy atom. The van der Waals surface area contributed by atoms with Crippen molar-refractivity contribution in [1.82, 2.24) is 9.62 Å². The van der Waals surface area contributed by atoms with E-state index in [1.54, 1.807) is 19.2 Å². The second-order valence-corrected chi connectivity index (χ2v) is 11.4. The standard InChI is InChI=1S/C28H36N2O8S/c1-35-23-8-6-20(7-9-23)21-18-26(28(32)29-22-4-3-5-22)38-27(19-21)37-17-15-30(14-16-31)39(33,34)25-12-10-24(36-2)11-13-25/h6-13,18,21-22,27,31H,3-5,14-17,19H2,1-2H3,(H,29,32)/t21-,27+/m1/s1. The van der Waals surface area contributed by atoms with Crippen molar-refractivity contribution in [2.24, 2.45) is 0 Å². The molecule has 1 amide bonds. The molecule has 0 unspecified atom stereocenters. The van der Waals surface area contributed by atoms with Gasteiger partial charge in [0.15, 0.2) is 5.76 Å². The molecule has 0 spiro atoms. The number of benzene rings is 2. The molecule has 0 radical (unpaired) electrons. The van der Waals surface area contributed by atoms with Crippen LogP contribution < -0.4 is 14.8 Å². The molecule has 11 heteroatoms. The van der Waals surface area contributed by atoms with E-state index in [9.17, 15) is 18.3 Å². The van der Waals surface area contributed by atoms with E-state index >= 15 is 0 Å². The van der Waals surface area contributed by atoms with Crippen LogP contribution in [0.25, 0.3) is 0 Å². The fraction of sp³-hybridized carbons (Fsp3) is 0.464. The molecule has 1 aliphatic heterocycles. The van der Waals surface area contributed by atoms with Crippen molar-refractivity contribution in [3.05, 3.63) is 65.9 Å². The van der Waals surface area contributed by atoms with Crippen LogP contribution in [0.1, 0.15) is 37.2 Å². The zero-order valence-corrected chi connectivity index (χ0v) is 23.1. The quantitative estimate of drug-likeness (QED) is 0.383. The van der Waals surface area contributed by atoms with Gasteiger partial charge in [0.25, 0.3) is 5.91 Å². The number of carbonyl (C=O) groups excluding carboxylic acids is 1. The zero-order valence-electron chi connectivity index (χ0n) is 22.2. The first kappa shape index (κ1) is 28.9. The molecule has 2 N–H and O–H groups in total. The number of nitrogens with zero attached hydrogens (tertiary/aromatic N) is 1. The average molecular weight is 561 g/mol. The maximum atomic E-state index is 13.2. The van der Waals surface area contributed by atoms with Crippen LogP contribution in [0.5, 0.6) is 11.5 Å². The third-order valence-corrected chi connectivity index (χ3v) is 8.87. The maximum absolute atomic E-state index is 13.2. The van der Waals surface area contributed by atoms with Gasteiger partial charge in [-0.3, -0.25) is 4.79 Å². The van der Waals surface area contributed by atoms with Crippen LogP contribution in [0.2, 0.25) is 0 Å². The molecule has 39 heavy (non-hydrogen) atoms. The summed E-state index contributed by atoms with van der Waals surface area (Å²) in [5.41, 5.74) is 0.977. The molecule has 1 heterocycles. The van der Waals surface area contributed by atoms with Gasteiger partial charge in [-0.1, -0.05) is 12.1 Å². The van der Waals surface area contributed by atoms with Gasteiger partial charge in [-0.25, -0.2) is 8.42 Å². The lowest BCUT2D eigenvalue weighted by atomic mass is 9.91. The maximum Gasteiger partial charge on any atom is 0.286 e. The minimum absolute atomic E-state index is 0.00466. The summed E-state index contributed by atoms with van der Waals surface area (Å²) >= 11 is 0. The average Bonchev–Trinajstić information content (AvgIpc) is 2.94. The molecular weight excluding hydrogens is 524 g/mol. The molecule has 0 bridgehead atoms. The Kier molecular flexibility index (Phi) is 9.84. The molecule has 4 rings (SSSR count). The number of rotatable bonds is 13. The minimum Gasteiger partial charge on any atom is -0.497 e. The smallest absolute Gasteiger partial charge is 0.286 e. The predicted octanol–water partition coefficient (Wildman–Crippen LogP) is 2.79. The largest absolute Gasteiger partial charge is 0.497 e. The van der Waals surface area contributed by atoms with E-state index in [0.717, 1.165) is 30.6 Å². The van der Waals surface area contributed by atoms with Crippen molar-refractivity contribution in [2.75, 3.05) is 40.5 Å². The summed E-state index contributed by atoms with van der Waals surface area (Å²) in [6, 6.07) is 13.8. The van der Waals surface area contributed by atoms with Crippen LogP contribution in [0.15, 0.2) is 65.3 Å². The van der Waals surface area contributed by atoms with Crippen molar-refractivity contribution in [2.45, 2.75) is 48.8 Å². The fourth-order valence-corrected chi connectivity index (χ4v) is 5.87. The summed E-state index contributed by atoms with van der Waals surface area (Å²) in [5.74, 6) is 1.03. The molecule has 1 aliphatic carbocycles. The van der Waals surface area contributed by atoms with E-state index in [0.29, 0.717) is 12.2 Å². The van der Waals surface area contributed by atoms with Crippen molar-refractivity contribution >= 4 is 15.9 Å². The first-order valence-corrected chi connectivity index (χ1v) is 14.5. The second-order valence-electron chi connectivity index (χ2n) is 9.47. The van der Waals surface area contributed by atoms with E-state index in [1.807, 2.05) is 30.3 Å². The number of allylic oxidation sites excluding steroid dienone is 1. The predicted molar refractivity (Wildman–Crippen MR) is 144 cm³/mol. The first-order chi connectivity index (χ1) is 18.8. The van der Waals surface area contributed by atoms with E-state index in [2.05, 4.69) is 5.32 Å². The molecule has 212 valence electrons. The highest BCUT2D eigenvalue weighted by Crippen LogP contribution is 2.33. The highest BCUT2D eigenvalue weighted by Gasteiger charge is 2.31. The fourth-order valence-electron chi connectivity index (χ4n) is 4.46. The van der Waals surface area contributed by atoms with E-state index in [4.69, 9.17) is 18.9 Å². The highest BCUT2D eigenvalue weighted by molar-refractivity contribution is 7.89. The molecule has 2 aromatic rings. The zero-order chi connectivity index (χ0) is 27.8. The Morgan fingerprint density at radius 3 is 2.23 bits per heavy atom. The van der Waals surface area contributed by atoms with Crippen LogP contribution in [0, 0.1) is 0 Å². The Balaban J connectivity index is 1.44. The number of nitrogens with one attached hydrogen (secondary N) is 1. The van der Waals surface area contributed by atoms with E-state index in [-0.39, 0.29) is 54.8 Å². The minimum atomic E-state index is -3.88. The molecule has 0 saturated heterocycles. The van der Waals surface area contributed by atoms with Crippen LogP contribution in [-0.4, -0.2) is 76.6 Å². The van der Waals surface area contributed by atoms with Crippen LogP contribution >= 0.6 is 0 Å². The number of amides is 1. The molecule has 0 aromatic heterocycles. The lowest BCUT2D eigenvalue weighted by Gasteiger charge is -2.32. The lowest BCUT2D eigenvalue weighted by Crippen LogP contribution is -2.42. The first-order valence-electron chi connectivity index (χ1n) is 13.0. The Morgan fingerprint density at radius 2 is 1.67 bits per heavy atom. The SMILES string of the molecule is COc1ccc([C@@H]2C=C(C(=O)NC3CCC3)O[C@H](OCCN(CCO)S(=O)(=O)c3ccc(OC)cc3)C2)cc1. The van der Waals surface area contributed by atoms with Gasteiger partial charge < -0.3 is 29.4 Å². The number of aliphatic hydroxyl groups is 1. The molecule has 2 atom stereocenters. The molecule has 1 saturated carbocycles.